The summed E-state index contributed by atoms with van der Waals surface area (Å²) >= 11 is 4.23. The van der Waals surface area contributed by atoms with Crippen LogP contribution in [0.3, 0.4) is 0 Å². The summed E-state index contributed by atoms with van der Waals surface area (Å²) in [7, 11) is 0. The minimum atomic E-state index is -2.43. The molecule has 0 heterocycles. The molecule has 2 aromatic carbocycles. The summed E-state index contributed by atoms with van der Waals surface area (Å²) in [6.07, 6.45) is 0. The zero-order valence-corrected chi connectivity index (χ0v) is 19.4. The van der Waals surface area contributed by atoms with Gasteiger partial charge in [-0.25, -0.2) is 0 Å². The van der Waals surface area contributed by atoms with E-state index in [9.17, 15) is 8.78 Å². The van der Waals surface area contributed by atoms with Gasteiger partial charge in [-0.2, -0.15) is 0 Å². The first-order valence-electron chi connectivity index (χ1n) is 8.05. The van der Waals surface area contributed by atoms with Crippen LogP contribution in [0.4, 0.5) is 8.78 Å². The molecule has 2 nitrogen and oxygen atoms in total. The van der Waals surface area contributed by atoms with Gasteiger partial charge >= 0.3 is 167 Å². The Hall–Kier alpha value is -0.597. The topological polar surface area (TPSA) is 18.5 Å². The van der Waals surface area contributed by atoms with Crippen LogP contribution in [0.1, 0.15) is 13.8 Å². The van der Waals surface area contributed by atoms with Gasteiger partial charge in [0.1, 0.15) is 0 Å². The first-order valence-corrected chi connectivity index (χ1v) is 15.6. The fourth-order valence-electron chi connectivity index (χ4n) is 2.35. The van der Waals surface area contributed by atoms with Crippen LogP contribution in [-0.2, 0) is 0 Å². The number of halogens is 4. The molecule has 0 radical (unpaired) electrons. The number of rotatable bonds is 8. The fraction of sp³-hybridized carbons (Fsp3) is 0.333. The molecule has 0 unspecified atom stereocenters. The molecule has 136 valence electrons. The summed E-state index contributed by atoms with van der Waals surface area (Å²) in [6, 6.07) is 8.84. The van der Waals surface area contributed by atoms with E-state index in [1.54, 1.807) is 12.1 Å². The molecule has 0 spiro atoms. The molecule has 0 N–H and O–H groups in total. The molecule has 7 heteroatoms. The third kappa shape index (κ3) is 5.69. The Balaban J connectivity index is 2.06. The number of hydrogen-bond acceptors (Lipinski definition) is 2. The van der Waals surface area contributed by atoms with Crippen molar-refractivity contribution >= 4 is 45.1 Å². The molecular weight excluding hydrogens is 519 g/mol. The molecule has 0 saturated heterocycles. The predicted molar refractivity (Wildman–Crippen MR) is 106 cm³/mol. The molecular formula is C18H20Br2F2GeO2. The van der Waals surface area contributed by atoms with Crippen molar-refractivity contribution in [3.05, 3.63) is 57.0 Å². The second-order valence-electron chi connectivity index (χ2n) is 5.93. The van der Waals surface area contributed by atoms with Crippen molar-refractivity contribution < 1.29 is 18.3 Å². The third-order valence-electron chi connectivity index (χ3n) is 4.36. The van der Waals surface area contributed by atoms with Crippen molar-refractivity contribution in [1.82, 2.24) is 0 Å². The predicted octanol–water partition coefficient (Wildman–Crippen LogP) is 6.51. The van der Waals surface area contributed by atoms with Crippen molar-refractivity contribution in [3.8, 4) is 11.5 Å². The van der Waals surface area contributed by atoms with Gasteiger partial charge in [-0.15, -0.1) is 0 Å². The van der Waals surface area contributed by atoms with E-state index in [2.05, 4.69) is 45.7 Å². The number of ether oxygens (including phenoxy) is 2. The van der Waals surface area contributed by atoms with E-state index >= 15 is 0 Å². The van der Waals surface area contributed by atoms with E-state index in [0.717, 1.165) is 10.5 Å². The second-order valence-corrected chi connectivity index (χ2v) is 18.1. The Bertz CT molecular complexity index is 667. The van der Waals surface area contributed by atoms with Crippen molar-refractivity contribution in [2.75, 3.05) is 10.9 Å². The van der Waals surface area contributed by atoms with Crippen LogP contribution in [0.5, 0.6) is 11.5 Å². The quantitative estimate of drug-likeness (QED) is 0.357. The maximum atomic E-state index is 13.2. The molecule has 0 saturated carbocycles. The molecule has 2 aromatic rings. The van der Waals surface area contributed by atoms with Crippen LogP contribution >= 0.6 is 31.9 Å². The van der Waals surface area contributed by atoms with Crippen LogP contribution in [0, 0.1) is 11.6 Å². The molecule has 0 aromatic heterocycles. The van der Waals surface area contributed by atoms with Crippen molar-refractivity contribution in [3.63, 3.8) is 0 Å². The average Bonchev–Trinajstić information content (AvgIpc) is 2.58. The van der Waals surface area contributed by atoms with Gasteiger partial charge in [0, 0.05) is 0 Å². The van der Waals surface area contributed by atoms with Gasteiger partial charge in [0.2, 0.25) is 0 Å². The number of hydrogen-bond donors (Lipinski definition) is 0. The van der Waals surface area contributed by atoms with Crippen LogP contribution in [0.25, 0.3) is 0 Å². The average molecular weight is 539 g/mol. The minimum absolute atomic E-state index is 0.303. The van der Waals surface area contributed by atoms with Gasteiger partial charge in [-0.1, -0.05) is 0 Å². The van der Waals surface area contributed by atoms with Gasteiger partial charge in [0.15, 0.2) is 0 Å². The first kappa shape index (κ1) is 20.7. The fourth-order valence-corrected chi connectivity index (χ4v) is 8.15. The first-order chi connectivity index (χ1) is 11.9. The Morgan fingerprint density at radius 1 is 0.800 bits per heavy atom. The summed E-state index contributed by atoms with van der Waals surface area (Å²) in [4.78, 5) is 0. The van der Waals surface area contributed by atoms with E-state index in [-0.39, 0.29) is 11.6 Å². The van der Waals surface area contributed by atoms with Crippen molar-refractivity contribution in [1.29, 1.82) is 0 Å². The zero-order chi connectivity index (χ0) is 18.4. The molecule has 0 fully saturated rings. The summed E-state index contributed by atoms with van der Waals surface area (Å²) in [5.41, 5.74) is 1.24. The van der Waals surface area contributed by atoms with Gasteiger partial charge < -0.3 is 0 Å². The monoisotopic (exact) mass is 538 g/mol. The molecule has 2 rings (SSSR count). The van der Waals surface area contributed by atoms with E-state index in [4.69, 9.17) is 9.47 Å². The number of benzene rings is 2. The normalized spacial score (nSPS) is 11.4. The van der Waals surface area contributed by atoms with E-state index in [1.807, 2.05) is 0 Å². The van der Waals surface area contributed by atoms with Crippen molar-refractivity contribution in [2.45, 2.75) is 24.4 Å². The van der Waals surface area contributed by atoms with Crippen LogP contribution in [0.2, 0.25) is 10.5 Å². The molecule has 0 aliphatic heterocycles. The summed E-state index contributed by atoms with van der Waals surface area (Å²) in [5, 5.41) is 2.07. The maximum absolute atomic E-state index is 13.2. The molecule has 0 amide bonds. The van der Waals surface area contributed by atoms with Gasteiger partial charge in [0.25, 0.3) is 0 Å². The second kappa shape index (κ2) is 9.37. The summed E-state index contributed by atoms with van der Waals surface area (Å²) < 4.78 is 39.6. The Labute approximate surface area is 166 Å². The van der Waals surface area contributed by atoms with Gasteiger partial charge in [-0.3, -0.25) is 0 Å². The van der Waals surface area contributed by atoms with Crippen LogP contribution in [0.15, 0.2) is 45.3 Å². The summed E-state index contributed by atoms with van der Waals surface area (Å²) in [6.45, 7) is 4.32. The van der Waals surface area contributed by atoms with E-state index in [1.165, 1.54) is 24.3 Å². The molecule has 0 aliphatic rings. The van der Waals surface area contributed by atoms with Crippen LogP contribution < -0.4 is 9.47 Å². The standard InChI is InChI=1S/C18H20Br2F2GeO2/c1-3-23(4-2,11-24-17-7-5-13(21)9-15(17)19)12-25-18-8-6-14(22)10-16(18)20/h5-10H,3-4,11-12H2,1-2H3. The zero-order valence-electron chi connectivity index (χ0n) is 14.1. The van der Waals surface area contributed by atoms with E-state index < -0.39 is 13.3 Å². The SMILES string of the molecule is C[CH2][Ge]([CH2]C)([CH2]Oc1ccc(F)cc1Br)[CH2]Oc1ccc(F)cc1Br. The Morgan fingerprint density at radius 3 is 1.52 bits per heavy atom. The summed E-state index contributed by atoms with van der Waals surface area (Å²) in [5.74, 6) is 0.674. The van der Waals surface area contributed by atoms with Crippen LogP contribution in [-0.4, -0.2) is 24.1 Å². The Morgan fingerprint density at radius 2 is 1.20 bits per heavy atom. The Kier molecular flexibility index (Phi) is 7.76. The van der Waals surface area contributed by atoms with Crippen molar-refractivity contribution in [2.24, 2.45) is 0 Å². The third-order valence-corrected chi connectivity index (χ3v) is 15.1. The van der Waals surface area contributed by atoms with Gasteiger partial charge in [-0.05, 0) is 0 Å². The molecule has 0 aliphatic carbocycles. The van der Waals surface area contributed by atoms with E-state index in [0.29, 0.717) is 31.3 Å². The molecule has 0 bridgehead atoms. The van der Waals surface area contributed by atoms with Gasteiger partial charge in [0.05, 0.1) is 0 Å². The molecule has 25 heavy (non-hydrogen) atoms. The molecule has 0 atom stereocenters.